The molecule has 0 saturated carbocycles. The second-order valence-corrected chi connectivity index (χ2v) is 4.27. The Morgan fingerprint density at radius 3 is 2.47 bits per heavy atom. The van der Waals surface area contributed by atoms with Gasteiger partial charge in [-0.05, 0) is 32.9 Å². The molecular formula is C10H13FN2O2. The summed E-state index contributed by atoms with van der Waals surface area (Å²) in [6.07, 6.45) is 0. The van der Waals surface area contributed by atoms with E-state index in [9.17, 15) is 14.5 Å². The van der Waals surface area contributed by atoms with Crippen molar-refractivity contribution in [2.24, 2.45) is 0 Å². The molecule has 0 aliphatic carbocycles. The van der Waals surface area contributed by atoms with Crippen molar-refractivity contribution in [2.75, 3.05) is 5.32 Å². The second-order valence-electron chi connectivity index (χ2n) is 4.27. The molecule has 5 heteroatoms. The Labute approximate surface area is 87.3 Å². The molecule has 15 heavy (non-hydrogen) atoms. The predicted octanol–water partition coefficient (Wildman–Crippen LogP) is 2.94. The second kappa shape index (κ2) is 3.84. The van der Waals surface area contributed by atoms with Gasteiger partial charge in [0.2, 0.25) is 5.82 Å². The van der Waals surface area contributed by atoms with Gasteiger partial charge in [-0.25, -0.2) is 0 Å². The summed E-state index contributed by atoms with van der Waals surface area (Å²) in [7, 11) is 0. The number of nitrogens with one attached hydrogen (secondary N) is 1. The first-order valence-electron chi connectivity index (χ1n) is 4.52. The molecule has 0 aliphatic rings. The molecule has 0 heterocycles. The van der Waals surface area contributed by atoms with Crippen molar-refractivity contribution in [3.05, 3.63) is 34.1 Å². The van der Waals surface area contributed by atoms with Gasteiger partial charge in [-0.1, -0.05) is 6.07 Å². The molecule has 4 nitrogen and oxygen atoms in total. The minimum Gasteiger partial charge on any atom is -0.375 e. The Bertz CT molecular complexity index is 385. The topological polar surface area (TPSA) is 55.2 Å². The molecule has 0 bridgehead atoms. The van der Waals surface area contributed by atoms with Crippen LogP contribution in [-0.4, -0.2) is 10.5 Å². The molecular weight excluding hydrogens is 199 g/mol. The van der Waals surface area contributed by atoms with E-state index in [-0.39, 0.29) is 11.2 Å². The lowest BCUT2D eigenvalue weighted by atomic mass is 10.1. The standard InChI is InChI=1S/C10H13FN2O2/c1-10(2,3)12-8-6-4-5-7(11)9(8)13(14)15/h4-6,12H,1-3H3. The minimum atomic E-state index is -0.825. The third-order valence-electron chi connectivity index (χ3n) is 1.68. The fourth-order valence-corrected chi connectivity index (χ4v) is 1.21. The largest absolute Gasteiger partial charge is 0.375 e. The summed E-state index contributed by atoms with van der Waals surface area (Å²) < 4.78 is 13.2. The molecule has 0 aromatic heterocycles. The van der Waals surface area contributed by atoms with Crippen molar-refractivity contribution in [1.82, 2.24) is 0 Å². The quantitative estimate of drug-likeness (QED) is 0.605. The highest BCUT2D eigenvalue weighted by Gasteiger charge is 2.22. The number of rotatable bonds is 2. The maximum absolute atomic E-state index is 13.2. The number of benzene rings is 1. The van der Waals surface area contributed by atoms with Gasteiger partial charge in [0, 0.05) is 5.54 Å². The summed E-state index contributed by atoms with van der Waals surface area (Å²) in [4.78, 5) is 9.94. The molecule has 0 aliphatic heterocycles. The van der Waals surface area contributed by atoms with Crippen molar-refractivity contribution in [2.45, 2.75) is 26.3 Å². The number of para-hydroxylation sites is 1. The smallest absolute Gasteiger partial charge is 0.327 e. The molecule has 0 unspecified atom stereocenters. The lowest BCUT2D eigenvalue weighted by molar-refractivity contribution is -0.386. The van der Waals surface area contributed by atoms with E-state index < -0.39 is 16.4 Å². The van der Waals surface area contributed by atoms with Crippen LogP contribution < -0.4 is 5.32 Å². The van der Waals surface area contributed by atoms with Gasteiger partial charge >= 0.3 is 5.69 Å². The van der Waals surface area contributed by atoms with Crippen LogP contribution in [0, 0.1) is 15.9 Å². The van der Waals surface area contributed by atoms with Crippen molar-refractivity contribution in [3.63, 3.8) is 0 Å². The zero-order valence-corrected chi connectivity index (χ0v) is 8.87. The Kier molecular flexibility index (Phi) is 2.93. The molecule has 1 aromatic rings. The SMILES string of the molecule is CC(C)(C)Nc1cccc(F)c1[N+](=O)[O-]. The lowest BCUT2D eigenvalue weighted by Crippen LogP contribution is -2.26. The molecule has 0 fully saturated rings. The van der Waals surface area contributed by atoms with Crippen molar-refractivity contribution in [3.8, 4) is 0 Å². The molecule has 0 atom stereocenters. The zero-order valence-electron chi connectivity index (χ0n) is 8.87. The summed E-state index contributed by atoms with van der Waals surface area (Å²) in [6, 6.07) is 4.01. The van der Waals surface area contributed by atoms with Crippen LogP contribution in [0.5, 0.6) is 0 Å². The lowest BCUT2D eigenvalue weighted by Gasteiger charge is -2.21. The van der Waals surface area contributed by atoms with E-state index in [4.69, 9.17) is 0 Å². The molecule has 0 amide bonds. The maximum Gasteiger partial charge on any atom is 0.327 e. The van der Waals surface area contributed by atoms with Gasteiger partial charge in [-0.15, -0.1) is 0 Å². The van der Waals surface area contributed by atoms with Gasteiger partial charge in [0.05, 0.1) is 4.92 Å². The highest BCUT2D eigenvalue weighted by Crippen LogP contribution is 2.29. The van der Waals surface area contributed by atoms with E-state index in [0.717, 1.165) is 6.07 Å². The number of anilines is 1. The fraction of sp³-hybridized carbons (Fsp3) is 0.400. The summed E-state index contributed by atoms with van der Waals surface area (Å²) in [5.74, 6) is -0.825. The first-order valence-corrected chi connectivity index (χ1v) is 4.52. The van der Waals surface area contributed by atoms with Gasteiger partial charge < -0.3 is 5.32 Å². The summed E-state index contributed by atoms with van der Waals surface area (Å²) >= 11 is 0. The van der Waals surface area contributed by atoms with Gasteiger partial charge in [0.25, 0.3) is 0 Å². The predicted molar refractivity (Wildman–Crippen MR) is 56.4 cm³/mol. The molecule has 82 valence electrons. The number of nitro benzene ring substituents is 1. The van der Waals surface area contributed by atoms with Gasteiger partial charge in [0.15, 0.2) is 0 Å². The van der Waals surface area contributed by atoms with E-state index in [1.807, 2.05) is 20.8 Å². The third-order valence-corrected chi connectivity index (χ3v) is 1.68. The van der Waals surface area contributed by atoms with Gasteiger partial charge in [-0.2, -0.15) is 4.39 Å². The van der Waals surface area contributed by atoms with E-state index in [1.165, 1.54) is 12.1 Å². The Balaban J connectivity index is 3.18. The Hall–Kier alpha value is -1.65. The van der Waals surface area contributed by atoms with Crippen LogP contribution in [0.25, 0.3) is 0 Å². The first-order chi connectivity index (χ1) is 6.81. The molecule has 1 rings (SSSR count). The van der Waals surface area contributed by atoms with Crippen LogP contribution in [0.2, 0.25) is 0 Å². The van der Waals surface area contributed by atoms with E-state index >= 15 is 0 Å². The zero-order chi connectivity index (χ0) is 11.6. The maximum atomic E-state index is 13.2. The van der Waals surface area contributed by atoms with Crippen LogP contribution in [0.3, 0.4) is 0 Å². The number of nitro groups is 1. The third kappa shape index (κ3) is 2.90. The Morgan fingerprint density at radius 2 is 2.00 bits per heavy atom. The Morgan fingerprint density at radius 1 is 1.40 bits per heavy atom. The average Bonchev–Trinajstić information content (AvgIpc) is 1.99. The molecule has 0 radical (unpaired) electrons. The number of hydrogen-bond acceptors (Lipinski definition) is 3. The minimum absolute atomic E-state index is 0.201. The van der Waals surface area contributed by atoms with Gasteiger partial charge in [-0.3, -0.25) is 10.1 Å². The van der Waals surface area contributed by atoms with Crippen LogP contribution in [0.4, 0.5) is 15.8 Å². The summed E-state index contributed by atoms with van der Waals surface area (Å²) in [5, 5.41) is 13.5. The first kappa shape index (κ1) is 11.4. The van der Waals surface area contributed by atoms with E-state index in [0.29, 0.717) is 0 Å². The number of halogens is 1. The van der Waals surface area contributed by atoms with E-state index in [1.54, 1.807) is 0 Å². The van der Waals surface area contributed by atoms with Crippen LogP contribution in [-0.2, 0) is 0 Å². The molecule has 1 aromatic carbocycles. The fourth-order valence-electron chi connectivity index (χ4n) is 1.21. The van der Waals surface area contributed by atoms with Crippen molar-refractivity contribution >= 4 is 11.4 Å². The van der Waals surface area contributed by atoms with Crippen molar-refractivity contribution < 1.29 is 9.31 Å². The monoisotopic (exact) mass is 212 g/mol. The summed E-state index contributed by atoms with van der Waals surface area (Å²) in [6.45, 7) is 5.55. The number of nitrogens with zero attached hydrogens (tertiary/aromatic N) is 1. The average molecular weight is 212 g/mol. The van der Waals surface area contributed by atoms with E-state index in [2.05, 4.69) is 5.32 Å². The molecule has 0 spiro atoms. The van der Waals surface area contributed by atoms with Crippen molar-refractivity contribution in [1.29, 1.82) is 0 Å². The summed E-state index contributed by atoms with van der Waals surface area (Å²) in [5.41, 5.74) is -0.654. The van der Waals surface area contributed by atoms with Gasteiger partial charge in [0.1, 0.15) is 5.69 Å². The van der Waals surface area contributed by atoms with Crippen LogP contribution >= 0.6 is 0 Å². The normalized spacial score (nSPS) is 11.2. The van der Waals surface area contributed by atoms with Crippen LogP contribution in [0.1, 0.15) is 20.8 Å². The molecule has 0 saturated heterocycles. The van der Waals surface area contributed by atoms with Crippen LogP contribution in [0.15, 0.2) is 18.2 Å². The molecule has 1 N–H and O–H groups in total. The highest BCUT2D eigenvalue weighted by atomic mass is 19.1. The highest BCUT2D eigenvalue weighted by molar-refractivity contribution is 5.62. The number of hydrogen-bond donors (Lipinski definition) is 1.